The highest BCUT2D eigenvalue weighted by Gasteiger charge is 2.16. The van der Waals surface area contributed by atoms with Gasteiger partial charge in [0.15, 0.2) is 5.96 Å². The van der Waals surface area contributed by atoms with Gasteiger partial charge in [0.25, 0.3) is 0 Å². The fraction of sp³-hybridized carbons (Fsp3) is 0.100. The van der Waals surface area contributed by atoms with Gasteiger partial charge in [-0.25, -0.2) is 9.79 Å². The molecule has 0 aromatic heterocycles. The van der Waals surface area contributed by atoms with Gasteiger partial charge in [0, 0.05) is 0 Å². The van der Waals surface area contributed by atoms with Crippen molar-refractivity contribution in [2.75, 3.05) is 0 Å². The lowest BCUT2D eigenvalue weighted by atomic mass is 10.1. The number of rotatable bonds is 2. The van der Waals surface area contributed by atoms with Gasteiger partial charge < -0.3 is 22.3 Å². The van der Waals surface area contributed by atoms with E-state index >= 15 is 0 Å². The van der Waals surface area contributed by atoms with Crippen LogP contribution in [0.3, 0.4) is 0 Å². The monoisotopic (exact) mass is 269 g/mol. The van der Waals surface area contributed by atoms with Gasteiger partial charge in [0.1, 0.15) is 5.56 Å². The number of hydrogen-bond donors (Lipinski definition) is 4. The zero-order valence-corrected chi connectivity index (χ0v) is 10.3. The first-order valence-electron chi connectivity index (χ1n) is 4.79. The number of aryl methyl sites for hydroxylation is 1. The van der Waals surface area contributed by atoms with Crippen LogP contribution in [0.4, 0.5) is 5.69 Å². The Kier molecular flexibility index (Phi) is 4.11. The molecule has 0 aliphatic carbocycles. The van der Waals surface area contributed by atoms with E-state index in [1.807, 2.05) is 0 Å². The average Bonchev–Trinajstić information content (AvgIpc) is 2.21. The van der Waals surface area contributed by atoms with Crippen LogP contribution in [0.25, 0.3) is 0 Å². The molecule has 18 heavy (non-hydrogen) atoms. The first-order valence-corrected chi connectivity index (χ1v) is 5.17. The predicted molar refractivity (Wildman–Crippen MR) is 70.2 cm³/mol. The van der Waals surface area contributed by atoms with E-state index in [0.29, 0.717) is 5.56 Å². The summed E-state index contributed by atoms with van der Waals surface area (Å²) >= 11 is 5.81. The molecule has 0 radical (unpaired) electrons. The summed E-state index contributed by atoms with van der Waals surface area (Å²) in [4.78, 5) is 18.5. The maximum atomic E-state index is 11.1. The Morgan fingerprint density at radius 3 is 2.44 bits per heavy atom. The summed E-state index contributed by atoms with van der Waals surface area (Å²) in [5.74, 6) is -1.73. The lowest BCUT2D eigenvalue weighted by Crippen LogP contribution is -2.26. The van der Waals surface area contributed by atoms with Crippen molar-refractivity contribution < 1.29 is 9.90 Å². The number of aromatic carboxylic acids is 1. The third-order valence-electron chi connectivity index (χ3n) is 2.01. The van der Waals surface area contributed by atoms with E-state index in [1.54, 1.807) is 13.0 Å². The van der Waals surface area contributed by atoms with Gasteiger partial charge in [-0.05, 0) is 18.6 Å². The first-order chi connectivity index (χ1) is 8.32. The highest BCUT2D eigenvalue weighted by molar-refractivity contribution is 6.34. The summed E-state index contributed by atoms with van der Waals surface area (Å²) in [5, 5.41) is 9.15. The number of halogens is 1. The van der Waals surface area contributed by atoms with Crippen molar-refractivity contribution in [1.82, 2.24) is 0 Å². The van der Waals surface area contributed by atoms with E-state index in [-0.39, 0.29) is 28.2 Å². The lowest BCUT2D eigenvalue weighted by molar-refractivity contribution is 0.0698. The second-order valence-corrected chi connectivity index (χ2v) is 3.81. The first kappa shape index (κ1) is 13.8. The number of benzene rings is 1. The molecular weight excluding hydrogens is 258 g/mol. The number of carboxylic acids is 1. The van der Waals surface area contributed by atoms with Gasteiger partial charge in [-0.3, -0.25) is 0 Å². The predicted octanol–water partition coefficient (Wildman–Crippen LogP) is 0.566. The minimum Gasteiger partial charge on any atom is -0.478 e. The van der Waals surface area contributed by atoms with Crippen molar-refractivity contribution in [3.63, 3.8) is 0 Å². The second-order valence-electron chi connectivity index (χ2n) is 3.40. The van der Waals surface area contributed by atoms with E-state index in [9.17, 15) is 4.79 Å². The van der Waals surface area contributed by atoms with Crippen molar-refractivity contribution in [2.45, 2.75) is 6.92 Å². The summed E-state index contributed by atoms with van der Waals surface area (Å²) in [5.41, 5.74) is 16.3. The van der Waals surface area contributed by atoms with Crippen LogP contribution >= 0.6 is 11.6 Å². The fourth-order valence-electron chi connectivity index (χ4n) is 1.29. The van der Waals surface area contributed by atoms with Crippen LogP contribution < -0.4 is 17.2 Å². The third kappa shape index (κ3) is 3.11. The minimum absolute atomic E-state index is 0.0596. The molecule has 0 bridgehead atoms. The lowest BCUT2D eigenvalue weighted by Gasteiger charge is -2.07. The van der Waals surface area contributed by atoms with Crippen molar-refractivity contribution >= 4 is 35.2 Å². The van der Waals surface area contributed by atoms with Crippen LogP contribution in [0.5, 0.6) is 0 Å². The molecule has 0 saturated carbocycles. The molecule has 0 atom stereocenters. The maximum Gasteiger partial charge on any atom is 0.339 e. The normalized spacial score (nSPS) is 11.1. The molecule has 8 heteroatoms. The quantitative estimate of drug-likeness (QED) is 0.459. The number of carbonyl (C=O) groups is 1. The van der Waals surface area contributed by atoms with Crippen LogP contribution in [0.2, 0.25) is 5.02 Å². The van der Waals surface area contributed by atoms with Gasteiger partial charge in [-0.1, -0.05) is 17.7 Å². The van der Waals surface area contributed by atoms with Crippen LogP contribution in [0, 0.1) is 6.92 Å². The van der Waals surface area contributed by atoms with Crippen LogP contribution in [0.1, 0.15) is 15.9 Å². The summed E-state index contributed by atoms with van der Waals surface area (Å²) in [6.45, 7) is 1.67. The van der Waals surface area contributed by atoms with Crippen LogP contribution in [0.15, 0.2) is 22.1 Å². The number of nitrogens with two attached hydrogens (primary N) is 3. The van der Waals surface area contributed by atoms with Crippen molar-refractivity contribution in [2.24, 2.45) is 27.2 Å². The van der Waals surface area contributed by atoms with Gasteiger partial charge >= 0.3 is 5.97 Å². The maximum absolute atomic E-state index is 11.1. The molecule has 1 aromatic rings. The molecule has 0 amide bonds. The van der Waals surface area contributed by atoms with Gasteiger partial charge in [-0.2, -0.15) is 4.99 Å². The second kappa shape index (κ2) is 5.37. The zero-order valence-electron chi connectivity index (χ0n) is 9.51. The Morgan fingerprint density at radius 2 is 1.94 bits per heavy atom. The Morgan fingerprint density at radius 1 is 1.33 bits per heavy atom. The topological polar surface area (TPSA) is 140 Å². The Bertz CT molecular complexity index is 549. The summed E-state index contributed by atoms with van der Waals surface area (Å²) in [6.07, 6.45) is 0. The summed E-state index contributed by atoms with van der Waals surface area (Å²) < 4.78 is 0. The van der Waals surface area contributed by atoms with E-state index < -0.39 is 5.97 Å². The van der Waals surface area contributed by atoms with E-state index in [2.05, 4.69) is 9.98 Å². The molecule has 0 heterocycles. The zero-order chi connectivity index (χ0) is 13.9. The fourth-order valence-corrected chi connectivity index (χ4v) is 1.52. The smallest absolute Gasteiger partial charge is 0.339 e. The Labute approximate surface area is 108 Å². The van der Waals surface area contributed by atoms with Gasteiger partial charge in [-0.15, -0.1) is 0 Å². The number of guanidine groups is 2. The molecule has 7 nitrogen and oxygen atoms in total. The van der Waals surface area contributed by atoms with E-state index in [0.717, 1.165) is 0 Å². The largest absolute Gasteiger partial charge is 0.478 e. The summed E-state index contributed by atoms with van der Waals surface area (Å²) in [6, 6.07) is 3.09. The molecule has 0 aliphatic rings. The van der Waals surface area contributed by atoms with Gasteiger partial charge in [0.2, 0.25) is 5.96 Å². The minimum atomic E-state index is -1.21. The average molecular weight is 270 g/mol. The SMILES string of the molecule is Cc1ccc(Cl)c(C(=O)O)c1N=C(N)N=C(N)N. The Hall–Kier alpha value is -2.28. The van der Waals surface area contributed by atoms with Gasteiger partial charge in [0.05, 0.1) is 10.7 Å². The van der Waals surface area contributed by atoms with Crippen LogP contribution in [-0.2, 0) is 0 Å². The number of aliphatic imine (C=N–C) groups is 2. The molecule has 1 aromatic carbocycles. The molecular formula is C10H12ClN5O2. The number of nitrogens with zero attached hydrogens (tertiary/aromatic N) is 2. The third-order valence-corrected chi connectivity index (χ3v) is 2.33. The van der Waals surface area contributed by atoms with E-state index in [4.69, 9.17) is 33.9 Å². The summed E-state index contributed by atoms with van der Waals surface area (Å²) in [7, 11) is 0. The molecule has 0 spiro atoms. The highest BCUT2D eigenvalue weighted by Crippen LogP contribution is 2.30. The molecule has 1 rings (SSSR count). The van der Waals surface area contributed by atoms with Crippen molar-refractivity contribution in [3.05, 3.63) is 28.3 Å². The van der Waals surface area contributed by atoms with Crippen molar-refractivity contribution in [1.29, 1.82) is 0 Å². The standard InChI is InChI=1S/C10H12ClN5O2/c1-4-2-3-5(11)6(8(17)18)7(4)15-10(14)16-9(12)13/h2-3H,1H3,(H,17,18)(H6,12,13,14,15,16). The molecule has 0 aliphatic heterocycles. The van der Waals surface area contributed by atoms with Crippen molar-refractivity contribution in [3.8, 4) is 0 Å². The van der Waals surface area contributed by atoms with E-state index in [1.165, 1.54) is 6.07 Å². The van der Waals surface area contributed by atoms with Crippen LogP contribution in [-0.4, -0.2) is 23.0 Å². The number of carboxylic acid groups (broad SMARTS) is 1. The molecule has 7 N–H and O–H groups in total. The Balaban J connectivity index is 3.45. The molecule has 0 fully saturated rings. The highest BCUT2D eigenvalue weighted by atomic mass is 35.5. The number of hydrogen-bond acceptors (Lipinski definition) is 2. The molecule has 96 valence electrons. The molecule has 0 unspecified atom stereocenters. The molecule has 0 saturated heterocycles.